The van der Waals surface area contributed by atoms with Gasteiger partial charge in [-0.25, -0.2) is 18.4 Å². The molecule has 1 N–H and O–H groups in total. The molecule has 0 saturated carbocycles. The molecule has 1 aliphatic heterocycles. The molecule has 3 aromatic rings. The van der Waals surface area contributed by atoms with Crippen molar-refractivity contribution >= 4 is 39.0 Å². The number of aryl methyl sites for hydroxylation is 1. The molecule has 0 atom stereocenters. The van der Waals surface area contributed by atoms with Crippen LogP contribution in [0.3, 0.4) is 0 Å². The number of anilines is 2. The second-order valence-corrected chi connectivity index (χ2v) is 14.6. The average Bonchev–Trinajstić information content (AvgIpc) is 2.88. The number of carbonyl (C=O) groups is 1. The Kier molecular flexibility index (Phi) is 9.17. The maximum atomic E-state index is 12.8. The maximum Gasteiger partial charge on any atom is 0.227 e. The predicted molar refractivity (Wildman–Crippen MR) is 161 cm³/mol. The van der Waals surface area contributed by atoms with E-state index in [1.54, 1.807) is 33.0 Å². The Morgan fingerprint density at radius 2 is 1.68 bits per heavy atom. The highest BCUT2D eigenvalue weighted by Gasteiger charge is 2.29. The fourth-order valence-electron chi connectivity index (χ4n) is 4.36. The summed E-state index contributed by atoms with van der Waals surface area (Å²) in [4.78, 5) is 26.0. The van der Waals surface area contributed by atoms with Crippen molar-refractivity contribution in [3.63, 3.8) is 0 Å². The first-order valence-electron chi connectivity index (χ1n) is 13.4. The first-order chi connectivity index (χ1) is 18.8. The fraction of sp³-hybridized carbons (Fsp3) is 0.433. The zero-order chi connectivity index (χ0) is 29.1. The summed E-state index contributed by atoms with van der Waals surface area (Å²) in [7, 11) is -1.30. The number of aromatic nitrogens is 2. The topological polar surface area (TPSA) is 95.5 Å². The lowest BCUT2D eigenvalue weighted by Gasteiger charge is -2.32. The van der Waals surface area contributed by atoms with Gasteiger partial charge in [0.15, 0.2) is 9.84 Å². The third-order valence-electron chi connectivity index (χ3n) is 7.26. The van der Waals surface area contributed by atoms with Gasteiger partial charge in [0.2, 0.25) is 11.9 Å². The highest BCUT2D eigenvalue weighted by molar-refractivity contribution is 7.91. The van der Waals surface area contributed by atoms with Crippen LogP contribution in [-0.2, 0) is 33.2 Å². The van der Waals surface area contributed by atoms with Gasteiger partial charge >= 0.3 is 0 Å². The van der Waals surface area contributed by atoms with Gasteiger partial charge < -0.3 is 15.1 Å². The standard InChI is InChI=1S/C30H38ClN5O3S/c1-21-19-32-29(33-25-9-6-22(7-10-25)18-28(37)36-14-12-35(5)13-15-36)34-27(21)17-23-8-11-26(31)24(16-23)20-40(38,39)30(2,3)4/h6-11,16,19H,12-15,17-18,20H2,1-5H3,(H,32,33,34). The summed E-state index contributed by atoms with van der Waals surface area (Å²) in [6.45, 7) is 10.4. The molecule has 2 heterocycles. The minimum atomic E-state index is -3.37. The van der Waals surface area contributed by atoms with E-state index in [0.717, 1.165) is 54.3 Å². The SMILES string of the molecule is Cc1cnc(Nc2ccc(CC(=O)N3CCN(C)CC3)cc2)nc1Cc1ccc(Cl)c(CS(=O)(=O)C(C)(C)C)c1. The van der Waals surface area contributed by atoms with E-state index in [1.807, 2.05) is 48.2 Å². The third kappa shape index (κ3) is 7.59. The van der Waals surface area contributed by atoms with E-state index in [-0.39, 0.29) is 11.7 Å². The van der Waals surface area contributed by atoms with Gasteiger partial charge in [0, 0.05) is 49.5 Å². The lowest BCUT2D eigenvalue weighted by Crippen LogP contribution is -2.47. The summed E-state index contributed by atoms with van der Waals surface area (Å²) < 4.78 is 24.7. The van der Waals surface area contributed by atoms with E-state index in [9.17, 15) is 13.2 Å². The summed E-state index contributed by atoms with van der Waals surface area (Å²) in [6.07, 6.45) is 2.67. The lowest BCUT2D eigenvalue weighted by molar-refractivity contribution is -0.132. The number of sulfone groups is 1. The van der Waals surface area contributed by atoms with Gasteiger partial charge in [-0.1, -0.05) is 35.9 Å². The van der Waals surface area contributed by atoms with Gasteiger partial charge in [0.25, 0.3) is 0 Å². The molecule has 2 aromatic carbocycles. The zero-order valence-corrected chi connectivity index (χ0v) is 25.4. The minimum absolute atomic E-state index is 0.115. The van der Waals surface area contributed by atoms with Crippen LogP contribution in [0.1, 0.15) is 48.7 Å². The Labute approximate surface area is 242 Å². The molecule has 1 saturated heterocycles. The average molecular weight is 584 g/mol. The Morgan fingerprint density at radius 1 is 1.02 bits per heavy atom. The summed E-state index contributed by atoms with van der Waals surface area (Å²) in [5.74, 6) is 0.503. The fourth-order valence-corrected chi connectivity index (χ4v) is 5.70. The maximum absolute atomic E-state index is 12.8. The molecule has 10 heteroatoms. The van der Waals surface area contributed by atoms with Crippen LogP contribution in [0.2, 0.25) is 5.02 Å². The van der Waals surface area contributed by atoms with Gasteiger partial charge in [-0.2, -0.15) is 0 Å². The van der Waals surface area contributed by atoms with Crippen molar-refractivity contribution in [3.05, 3.63) is 81.6 Å². The normalized spacial score (nSPS) is 14.8. The van der Waals surface area contributed by atoms with Gasteiger partial charge in [0.05, 0.1) is 22.6 Å². The number of nitrogens with zero attached hydrogens (tertiary/aromatic N) is 4. The number of rotatable bonds is 8. The molecule has 0 spiro atoms. The van der Waals surface area contributed by atoms with E-state index >= 15 is 0 Å². The van der Waals surface area contributed by atoms with E-state index in [0.29, 0.717) is 29.4 Å². The highest BCUT2D eigenvalue weighted by Crippen LogP contribution is 2.27. The molecule has 8 nitrogen and oxygen atoms in total. The third-order valence-corrected chi connectivity index (χ3v) is 10.2. The van der Waals surface area contributed by atoms with Gasteiger partial charge in [0.1, 0.15) is 0 Å². The molecule has 0 unspecified atom stereocenters. The lowest BCUT2D eigenvalue weighted by atomic mass is 10.0. The Hall–Kier alpha value is -3.01. The molecule has 1 aliphatic rings. The molecule has 0 radical (unpaired) electrons. The quantitative estimate of drug-likeness (QED) is 0.407. The first-order valence-corrected chi connectivity index (χ1v) is 15.5. The van der Waals surface area contributed by atoms with Crippen LogP contribution in [0.15, 0.2) is 48.7 Å². The smallest absolute Gasteiger partial charge is 0.227 e. The Balaban J connectivity index is 1.42. The number of likely N-dealkylation sites (N-methyl/N-ethyl adjacent to an activating group) is 1. The van der Waals surface area contributed by atoms with Crippen molar-refractivity contribution in [1.29, 1.82) is 0 Å². The van der Waals surface area contributed by atoms with Crippen LogP contribution < -0.4 is 5.32 Å². The van der Waals surface area contributed by atoms with Crippen LogP contribution in [0.25, 0.3) is 0 Å². The number of nitrogens with one attached hydrogen (secondary N) is 1. The summed E-state index contributed by atoms with van der Waals surface area (Å²) >= 11 is 6.36. The van der Waals surface area contributed by atoms with E-state index < -0.39 is 14.6 Å². The van der Waals surface area contributed by atoms with Gasteiger partial charge in [-0.3, -0.25) is 4.79 Å². The van der Waals surface area contributed by atoms with Crippen molar-refractivity contribution < 1.29 is 13.2 Å². The van der Waals surface area contributed by atoms with Crippen LogP contribution in [0.4, 0.5) is 11.6 Å². The molecule has 4 rings (SSSR count). The number of hydrogen-bond donors (Lipinski definition) is 1. The number of benzene rings is 2. The van der Waals surface area contributed by atoms with Crippen molar-refractivity contribution in [3.8, 4) is 0 Å². The number of halogens is 1. The second kappa shape index (κ2) is 12.2. The van der Waals surface area contributed by atoms with Crippen LogP contribution >= 0.6 is 11.6 Å². The molecule has 0 aliphatic carbocycles. The van der Waals surface area contributed by atoms with Crippen LogP contribution in [0, 0.1) is 6.92 Å². The molecule has 1 aromatic heterocycles. The highest BCUT2D eigenvalue weighted by atomic mass is 35.5. The number of hydrogen-bond acceptors (Lipinski definition) is 7. The zero-order valence-electron chi connectivity index (χ0n) is 23.9. The van der Waals surface area contributed by atoms with Crippen molar-refractivity contribution in [2.24, 2.45) is 0 Å². The van der Waals surface area contributed by atoms with E-state index in [1.165, 1.54) is 0 Å². The Morgan fingerprint density at radius 3 is 2.33 bits per heavy atom. The molecule has 1 fully saturated rings. The number of amides is 1. The van der Waals surface area contributed by atoms with E-state index in [4.69, 9.17) is 16.6 Å². The van der Waals surface area contributed by atoms with Crippen molar-refractivity contribution in [2.75, 3.05) is 38.5 Å². The first kappa shape index (κ1) is 30.0. The van der Waals surface area contributed by atoms with Crippen LogP contribution in [0.5, 0.6) is 0 Å². The molecule has 40 heavy (non-hydrogen) atoms. The van der Waals surface area contributed by atoms with Crippen molar-refractivity contribution in [1.82, 2.24) is 19.8 Å². The molecular formula is C30H38ClN5O3S. The monoisotopic (exact) mass is 583 g/mol. The Bertz CT molecular complexity index is 1460. The molecule has 0 bridgehead atoms. The summed E-state index contributed by atoms with van der Waals surface area (Å²) in [6, 6.07) is 13.2. The summed E-state index contributed by atoms with van der Waals surface area (Å²) in [5.41, 5.74) is 5.07. The van der Waals surface area contributed by atoms with Gasteiger partial charge in [-0.15, -0.1) is 0 Å². The number of carbonyl (C=O) groups excluding carboxylic acids is 1. The largest absolute Gasteiger partial charge is 0.340 e. The molecule has 214 valence electrons. The minimum Gasteiger partial charge on any atom is -0.340 e. The summed E-state index contributed by atoms with van der Waals surface area (Å²) in [5, 5.41) is 3.69. The van der Waals surface area contributed by atoms with Crippen molar-refractivity contribution in [2.45, 2.75) is 51.0 Å². The van der Waals surface area contributed by atoms with Gasteiger partial charge in [-0.05, 0) is 75.2 Å². The predicted octanol–water partition coefficient (Wildman–Crippen LogP) is 4.80. The van der Waals surface area contributed by atoms with E-state index in [2.05, 4.69) is 22.2 Å². The van der Waals surface area contributed by atoms with Crippen LogP contribution in [-0.4, -0.2) is 72.1 Å². The molecular weight excluding hydrogens is 546 g/mol. The second-order valence-electron chi connectivity index (χ2n) is 11.5. The number of piperazine rings is 1. The molecule has 1 amide bonds.